The van der Waals surface area contributed by atoms with Crippen molar-refractivity contribution >= 4 is 28.3 Å². The summed E-state index contributed by atoms with van der Waals surface area (Å²) in [6, 6.07) is 9.26. The van der Waals surface area contributed by atoms with Crippen LogP contribution >= 0.6 is 11.3 Å². The smallest absolute Gasteiger partial charge is 0.254 e. The molecule has 22 heavy (non-hydrogen) atoms. The van der Waals surface area contributed by atoms with Gasteiger partial charge in [0.1, 0.15) is 6.54 Å². The standard InChI is InChI=1S/C16H17N3O2S/c1-11-9-17-16(22-11)18-14(20)10-19(13-7-8-13)15(21)12-5-3-2-4-6-12/h2-6,9,13H,7-8,10H2,1H3,(H,17,18,20). The average Bonchev–Trinajstić information content (AvgIpc) is 3.28. The molecule has 5 nitrogen and oxygen atoms in total. The molecule has 2 amide bonds. The fraction of sp³-hybridized carbons (Fsp3) is 0.312. The molecule has 6 heteroatoms. The van der Waals surface area contributed by atoms with Gasteiger partial charge in [-0.2, -0.15) is 0 Å². The molecule has 0 atom stereocenters. The maximum atomic E-state index is 12.6. The molecule has 0 unspecified atom stereocenters. The van der Waals surface area contributed by atoms with Gasteiger partial charge in [0.05, 0.1) is 0 Å². The van der Waals surface area contributed by atoms with Crippen molar-refractivity contribution in [2.24, 2.45) is 0 Å². The number of hydrogen-bond donors (Lipinski definition) is 1. The van der Waals surface area contributed by atoms with Crippen molar-refractivity contribution in [3.63, 3.8) is 0 Å². The Morgan fingerprint density at radius 2 is 2.05 bits per heavy atom. The van der Waals surface area contributed by atoms with E-state index in [2.05, 4.69) is 10.3 Å². The fourth-order valence-electron chi connectivity index (χ4n) is 2.23. The lowest BCUT2D eigenvalue weighted by Crippen LogP contribution is -2.39. The van der Waals surface area contributed by atoms with E-state index in [9.17, 15) is 9.59 Å². The van der Waals surface area contributed by atoms with Crippen molar-refractivity contribution in [3.05, 3.63) is 47.0 Å². The number of thiazole rings is 1. The number of amides is 2. The normalized spacial score (nSPS) is 13.7. The maximum absolute atomic E-state index is 12.6. The van der Waals surface area contributed by atoms with Gasteiger partial charge in [0.2, 0.25) is 5.91 Å². The molecule has 2 aromatic rings. The van der Waals surface area contributed by atoms with Crippen molar-refractivity contribution in [1.82, 2.24) is 9.88 Å². The SMILES string of the molecule is Cc1cnc(NC(=O)CN(C(=O)c2ccccc2)C2CC2)s1. The molecule has 1 saturated carbocycles. The summed E-state index contributed by atoms with van der Waals surface area (Å²) in [5, 5.41) is 3.33. The van der Waals surface area contributed by atoms with Crippen molar-refractivity contribution in [2.45, 2.75) is 25.8 Å². The number of anilines is 1. The van der Waals surface area contributed by atoms with Gasteiger partial charge < -0.3 is 10.2 Å². The number of nitrogens with zero attached hydrogens (tertiary/aromatic N) is 2. The highest BCUT2D eigenvalue weighted by atomic mass is 32.1. The third-order valence-corrected chi connectivity index (χ3v) is 4.28. The summed E-state index contributed by atoms with van der Waals surface area (Å²) in [6.07, 6.45) is 3.64. The second-order valence-electron chi connectivity index (χ2n) is 5.35. The molecule has 0 radical (unpaired) electrons. The Morgan fingerprint density at radius 1 is 1.32 bits per heavy atom. The van der Waals surface area contributed by atoms with E-state index in [-0.39, 0.29) is 24.4 Å². The zero-order chi connectivity index (χ0) is 15.5. The quantitative estimate of drug-likeness (QED) is 0.923. The summed E-state index contributed by atoms with van der Waals surface area (Å²) in [6.45, 7) is 2.00. The Hall–Kier alpha value is -2.21. The van der Waals surface area contributed by atoms with Crippen molar-refractivity contribution in [3.8, 4) is 0 Å². The van der Waals surface area contributed by atoms with Gasteiger partial charge in [0, 0.05) is 22.7 Å². The molecular formula is C16H17N3O2S. The highest BCUT2D eigenvalue weighted by Crippen LogP contribution is 2.28. The molecule has 1 aromatic heterocycles. The Kier molecular flexibility index (Phi) is 4.20. The van der Waals surface area contributed by atoms with Crippen LogP contribution in [0.5, 0.6) is 0 Å². The number of hydrogen-bond acceptors (Lipinski definition) is 4. The number of nitrogens with one attached hydrogen (secondary N) is 1. The number of carbonyl (C=O) groups excluding carboxylic acids is 2. The minimum atomic E-state index is -0.203. The predicted octanol–water partition coefficient (Wildman–Crippen LogP) is 2.69. The first kappa shape index (κ1) is 14.7. The second kappa shape index (κ2) is 6.27. The molecule has 114 valence electrons. The van der Waals surface area contributed by atoms with Gasteiger partial charge in [0.25, 0.3) is 5.91 Å². The Labute approximate surface area is 133 Å². The number of aromatic nitrogens is 1. The van der Waals surface area contributed by atoms with E-state index >= 15 is 0 Å². The summed E-state index contributed by atoms with van der Waals surface area (Å²) in [4.78, 5) is 31.5. The van der Waals surface area contributed by atoms with Gasteiger partial charge in [-0.25, -0.2) is 4.98 Å². The van der Waals surface area contributed by atoms with E-state index in [0.717, 1.165) is 17.7 Å². The van der Waals surface area contributed by atoms with Gasteiger partial charge in [0.15, 0.2) is 5.13 Å². The van der Waals surface area contributed by atoms with Crippen LogP contribution in [0.2, 0.25) is 0 Å². The summed E-state index contributed by atoms with van der Waals surface area (Å²) < 4.78 is 0. The Balaban J connectivity index is 1.67. The monoisotopic (exact) mass is 315 g/mol. The van der Waals surface area contributed by atoms with E-state index in [1.165, 1.54) is 11.3 Å². The largest absolute Gasteiger partial charge is 0.326 e. The first-order chi connectivity index (χ1) is 10.6. The molecule has 1 aliphatic rings. The third-order valence-electron chi connectivity index (χ3n) is 3.45. The van der Waals surface area contributed by atoms with Gasteiger partial charge in [-0.05, 0) is 31.9 Å². The first-order valence-corrected chi connectivity index (χ1v) is 8.03. The lowest BCUT2D eigenvalue weighted by molar-refractivity contribution is -0.117. The molecule has 1 aliphatic carbocycles. The third kappa shape index (κ3) is 3.51. The molecule has 0 spiro atoms. The maximum Gasteiger partial charge on any atom is 0.254 e. The predicted molar refractivity (Wildman–Crippen MR) is 86.0 cm³/mol. The second-order valence-corrected chi connectivity index (χ2v) is 6.59. The van der Waals surface area contributed by atoms with E-state index in [4.69, 9.17) is 0 Å². The van der Waals surface area contributed by atoms with Gasteiger partial charge in [-0.3, -0.25) is 9.59 Å². The fourth-order valence-corrected chi connectivity index (χ4v) is 2.91. The number of carbonyl (C=O) groups is 2. The minimum absolute atomic E-state index is 0.0665. The van der Waals surface area contributed by atoms with Crippen molar-refractivity contribution in [2.75, 3.05) is 11.9 Å². The van der Waals surface area contributed by atoms with E-state index in [1.807, 2.05) is 25.1 Å². The molecule has 1 fully saturated rings. The molecular weight excluding hydrogens is 298 g/mol. The van der Waals surface area contributed by atoms with Crippen LogP contribution in [-0.2, 0) is 4.79 Å². The average molecular weight is 315 g/mol. The van der Waals surface area contributed by atoms with Crippen LogP contribution in [0.15, 0.2) is 36.5 Å². The van der Waals surface area contributed by atoms with Gasteiger partial charge >= 0.3 is 0 Å². The number of benzene rings is 1. The summed E-state index contributed by atoms with van der Waals surface area (Å²) >= 11 is 1.43. The zero-order valence-corrected chi connectivity index (χ0v) is 13.1. The van der Waals surface area contributed by atoms with E-state index < -0.39 is 0 Å². The Bertz CT molecular complexity index is 680. The summed E-state index contributed by atoms with van der Waals surface area (Å²) in [5.41, 5.74) is 0.618. The summed E-state index contributed by atoms with van der Waals surface area (Å²) in [5.74, 6) is -0.292. The lowest BCUT2D eigenvalue weighted by atomic mass is 10.2. The van der Waals surface area contributed by atoms with Crippen LogP contribution in [0.4, 0.5) is 5.13 Å². The van der Waals surface area contributed by atoms with Crippen LogP contribution in [0.25, 0.3) is 0 Å². The molecule has 1 N–H and O–H groups in total. The van der Waals surface area contributed by atoms with Crippen molar-refractivity contribution in [1.29, 1.82) is 0 Å². The van der Waals surface area contributed by atoms with Crippen LogP contribution in [0, 0.1) is 6.92 Å². The highest BCUT2D eigenvalue weighted by Gasteiger charge is 2.34. The molecule has 1 aromatic carbocycles. The molecule has 0 bridgehead atoms. The molecule has 0 aliphatic heterocycles. The summed E-state index contributed by atoms with van der Waals surface area (Å²) in [7, 11) is 0. The van der Waals surface area contributed by atoms with Gasteiger partial charge in [-0.15, -0.1) is 11.3 Å². The number of rotatable bonds is 5. The van der Waals surface area contributed by atoms with Crippen LogP contribution in [-0.4, -0.2) is 34.3 Å². The minimum Gasteiger partial charge on any atom is -0.326 e. The van der Waals surface area contributed by atoms with E-state index in [0.29, 0.717) is 10.7 Å². The number of aryl methyl sites for hydroxylation is 1. The van der Waals surface area contributed by atoms with E-state index in [1.54, 1.807) is 23.2 Å². The topological polar surface area (TPSA) is 62.3 Å². The highest BCUT2D eigenvalue weighted by molar-refractivity contribution is 7.15. The zero-order valence-electron chi connectivity index (χ0n) is 12.3. The molecule has 3 rings (SSSR count). The van der Waals surface area contributed by atoms with Crippen LogP contribution in [0.3, 0.4) is 0 Å². The Morgan fingerprint density at radius 3 is 2.64 bits per heavy atom. The first-order valence-electron chi connectivity index (χ1n) is 7.22. The lowest BCUT2D eigenvalue weighted by Gasteiger charge is -2.21. The molecule has 0 saturated heterocycles. The molecule has 1 heterocycles. The van der Waals surface area contributed by atoms with Crippen LogP contribution in [0.1, 0.15) is 28.1 Å². The van der Waals surface area contributed by atoms with Crippen molar-refractivity contribution < 1.29 is 9.59 Å². The van der Waals surface area contributed by atoms with Gasteiger partial charge in [-0.1, -0.05) is 18.2 Å². The van der Waals surface area contributed by atoms with Crippen LogP contribution < -0.4 is 5.32 Å².